The third-order valence-electron chi connectivity index (χ3n) is 4.49. The van der Waals surface area contributed by atoms with Gasteiger partial charge in [0.05, 0.1) is 5.71 Å². The Labute approximate surface area is 139 Å². The summed E-state index contributed by atoms with van der Waals surface area (Å²) in [6.07, 6.45) is 2.99. The van der Waals surface area contributed by atoms with E-state index in [9.17, 15) is 9.18 Å². The number of hydrogen-bond donors (Lipinski definition) is 1. The predicted octanol–water partition coefficient (Wildman–Crippen LogP) is 3.45. The standard InChI is InChI=1S/C19H17FN2O2/c20-15-6-2-5-14(9-15)17-11-18(24-22-17)19(23)21-16-8-7-12-3-1-4-13(12)10-16/h2,5-10,18H,1,3-4,11H2,(H,21,23). The molecule has 0 spiro atoms. The molecule has 0 aromatic heterocycles. The molecule has 2 aromatic carbocycles. The molecule has 1 aliphatic carbocycles. The van der Waals surface area contributed by atoms with Crippen molar-refractivity contribution in [3.8, 4) is 0 Å². The number of nitrogens with one attached hydrogen (secondary N) is 1. The number of carbonyl (C=O) groups is 1. The predicted molar refractivity (Wildman–Crippen MR) is 89.5 cm³/mol. The number of rotatable bonds is 3. The van der Waals surface area contributed by atoms with Crippen molar-refractivity contribution in [2.24, 2.45) is 5.16 Å². The zero-order chi connectivity index (χ0) is 16.5. The second-order valence-electron chi connectivity index (χ2n) is 6.17. The summed E-state index contributed by atoms with van der Waals surface area (Å²) < 4.78 is 13.3. The molecular weight excluding hydrogens is 307 g/mol. The van der Waals surface area contributed by atoms with Crippen LogP contribution < -0.4 is 5.32 Å². The highest BCUT2D eigenvalue weighted by molar-refractivity contribution is 6.06. The Morgan fingerprint density at radius 3 is 2.92 bits per heavy atom. The van der Waals surface area contributed by atoms with Crippen molar-refractivity contribution in [3.05, 3.63) is 65.0 Å². The highest BCUT2D eigenvalue weighted by atomic mass is 19.1. The van der Waals surface area contributed by atoms with Crippen molar-refractivity contribution >= 4 is 17.3 Å². The third-order valence-corrected chi connectivity index (χ3v) is 4.49. The number of benzene rings is 2. The number of hydrogen-bond acceptors (Lipinski definition) is 3. The van der Waals surface area contributed by atoms with Crippen LogP contribution in [0.15, 0.2) is 47.6 Å². The van der Waals surface area contributed by atoms with Crippen LogP contribution in [-0.2, 0) is 22.5 Å². The first-order chi connectivity index (χ1) is 11.7. The minimum absolute atomic E-state index is 0.233. The molecule has 2 aromatic rings. The number of carbonyl (C=O) groups excluding carboxylic acids is 1. The minimum Gasteiger partial charge on any atom is -0.382 e. The van der Waals surface area contributed by atoms with Crippen LogP contribution in [0.2, 0.25) is 0 Å². The fourth-order valence-corrected chi connectivity index (χ4v) is 3.23. The lowest BCUT2D eigenvalue weighted by atomic mass is 10.0. The highest BCUT2D eigenvalue weighted by Crippen LogP contribution is 2.25. The molecule has 1 heterocycles. The normalized spacial score (nSPS) is 18.7. The number of fused-ring (bicyclic) bond motifs is 1. The van der Waals surface area contributed by atoms with Crippen molar-refractivity contribution in [3.63, 3.8) is 0 Å². The molecule has 0 fully saturated rings. The van der Waals surface area contributed by atoms with Crippen molar-refractivity contribution in [2.45, 2.75) is 31.8 Å². The quantitative estimate of drug-likeness (QED) is 0.940. The molecule has 1 amide bonds. The van der Waals surface area contributed by atoms with E-state index in [4.69, 9.17) is 4.84 Å². The molecule has 0 saturated heterocycles. The van der Waals surface area contributed by atoms with E-state index < -0.39 is 6.10 Å². The number of amides is 1. The van der Waals surface area contributed by atoms with E-state index in [2.05, 4.69) is 16.5 Å². The monoisotopic (exact) mass is 324 g/mol. The summed E-state index contributed by atoms with van der Waals surface area (Å²) in [6, 6.07) is 12.2. The molecule has 1 N–H and O–H groups in total. The summed E-state index contributed by atoms with van der Waals surface area (Å²) in [7, 11) is 0. The maximum atomic E-state index is 13.3. The summed E-state index contributed by atoms with van der Waals surface area (Å²) in [5.74, 6) is -0.565. The molecule has 0 saturated carbocycles. The van der Waals surface area contributed by atoms with E-state index in [1.165, 1.54) is 29.7 Å². The van der Waals surface area contributed by atoms with Gasteiger partial charge >= 0.3 is 0 Å². The lowest BCUT2D eigenvalue weighted by Gasteiger charge is -2.10. The number of halogens is 1. The molecule has 1 unspecified atom stereocenters. The Balaban J connectivity index is 1.42. The molecule has 0 radical (unpaired) electrons. The Hall–Kier alpha value is -2.69. The van der Waals surface area contributed by atoms with Gasteiger partial charge in [-0.1, -0.05) is 23.4 Å². The lowest BCUT2D eigenvalue weighted by molar-refractivity contribution is -0.125. The Morgan fingerprint density at radius 1 is 1.17 bits per heavy atom. The van der Waals surface area contributed by atoms with Gasteiger partial charge in [-0.3, -0.25) is 4.79 Å². The van der Waals surface area contributed by atoms with Crippen LogP contribution in [0.3, 0.4) is 0 Å². The van der Waals surface area contributed by atoms with Gasteiger partial charge in [0.1, 0.15) is 5.82 Å². The average Bonchev–Trinajstić information content (AvgIpc) is 3.24. The Kier molecular flexibility index (Phi) is 3.76. The number of anilines is 1. The first kappa shape index (κ1) is 14.9. The fourth-order valence-electron chi connectivity index (χ4n) is 3.23. The number of oxime groups is 1. The van der Waals surface area contributed by atoms with Gasteiger partial charge in [0.25, 0.3) is 5.91 Å². The zero-order valence-electron chi connectivity index (χ0n) is 13.1. The van der Waals surface area contributed by atoms with Gasteiger partial charge in [-0.15, -0.1) is 0 Å². The summed E-state index contributed by atoms with van der Waals surface area (Å²) in [4.78, 5) is 17.6. The van der Waals surface area contributed by atoms with Gasteiger partial charge in [-0.05, 0) is 54.7 Å². The summed E-state index contributed by atoms with van der Waals surface area (Å²) in [5.41, 5.74) is 4.67. The van der Waals surface area contributed by atoms with Gasteiger partial charge in [-0.25, -0.2) is 4.39 Å². The fraction of sp³-hybridized carbons (Fsp3) is 0.263. The van der Waals surface area contributed by atoms with Crippen molar-refractivity contribution in [1.82, 2.24) is 0 Å². The number of nitrogens with zero attached hydrogens (tertiary/aromatic N) is 1. The molecule has 122 valence electrons. The van der Waals surface area contributed by atoms with Crippen LogP contribution >= 0.6 is 0 Å². The molecule has 1 atom stereocenters. The van der Waals surface area contributed by atoms with E-state index in [1.807, 2.05) is 12.1 Å². The SMILES string of the molecule is O=C(Nc1ccc2c(c1)CCC2)C1CC(c2cccc(F)c2)=NO1. The van der Waals surface area contributed by atoms with Crippen molar-refractivity contribution in [1.29, 1.82) is 0 Å². The number of aryl methyl sites for hydroxylation is 2. The van der Waals surface area contributed by atoms with Crippen LogP contribution in [-0.4, -0.2) is 17.7 Å². The molecular formula is C19H17FN2O2. The largest absolute Gasteiger partial charge is 0.382 e. The van der Waals surface area contributed by atoms with Crippen LogP contribution in [0, 0.1) is 5.82 Å². The smallest absolute Gasteiger partial charge is 0.268 e. The summed E-state index contributed by atoms with van der Waals surface area (Å²) in [6.45, 7) is 0. The lowest BCUT2D eigenvalue weighted by Crippen LogP contribution is -2.28. The first-order valence-corrected chi connectivity index (χ1v) is 8.10. The molecule has 1 aliphatic heterocycles. The second kappa shape index (κ2) is 6.07. The van der Waals surface area contributed by atoms with E-state index in [1.54, 1.807) is 12.1 Å². The Morgan fingerprint density at radius 2 is 2.04 bits per heavy atom. The highest BCUT2D eigenvalue weighted by Gasteiger charge is 2.29. The molecule has 2 aliphatic rings. The molecule has 24 heavy (non-hydrogen) atoms. The third kappa shape index (κ3) is 2.89. The minimum atomic E-state index is -0.684. The Bertz CT molecular complexity index is 832. The second-order valence-corrected chi connectivity index (χ2v) is 6.17. The molecule has 5 heteroatoms. The summed E-state index contributed by atoms with van der Waals surface area (Å²) in [5, 5.41) is 6.82. The van der Waals surface area contributed by atoms with Gasteiger partial charge in [0, 0.05) is 17.7 Å². The van der Waals surface area contributed by atoms with Crippen molar-refractivity contribution < 1.29 is 14.0 Å². The maximum absolute atomic E-state index is 13.3. The van der Waals surface area contributed by atoms with E-state index in [-0.39, 0.29) is 11.7 Å². The van der Waals surface area contributed by atoms with Crippen LogP contribution in [0.1, 0.15) is 29.5 Å². The van der Waals surface area contributed by atoms with Gasteiger partial charge < -0.3 is 10.2 Å². The topological polar surface area (TPSA) is 50.7 Å². The van der Waals surface area contributed by atoms with Crippen LogP contribution in [0.25, 0.3) is 0 Å². The van der Waals surface area contributed by atoms with Crippen molar-refractivity contribution in [2.75, 3.05) is 5.32 Å². The van der Waals surface area contributed by atoms with E-state index in [0.29, 0.717) is 17.7 Å². The molecule has 0 bridgehead atoms. The summed E-state index contributed by atoms with van der Waals surface area (Å²) >= 11 is 0. The van der Waals surface area contributed by atoms with Gasteiger partial charge in [0.15, 0.2) is 0 Å². The molecule has 4 nitrogen and oxygen atoms in total. The maximum Gasteiger partial charge on any atom is 0.268 e. The van der Waals surface area contributed by atoms with Crippen LogP contribution in [0.5, 0.6) is 0 Å². The molecule has 4 rings (SSSR count). The van der Waals surface area contributed by atoms with Gasteiger partial charge in [-0.2, -0.15) is 0 Å². The van der Waals surface area contributed by atoms with E-state index >= 15 is 0 Å². The first-order valence-electron chi connectivity index (χ1n) is 8.10. The zero-order valence-corrected chi connectivity index (χ0v) is 13.1. The van der Waals surface area contributed by atoms with Gasteiger partial charge in [0.2, 0.25) is 6.10 Å². The average molecular weight is 324 g/mol. The van der Waals surface area contributed by atoms with Crippen LogP contribution in [0.4, 0.5) is 10.1 Å². The van der Waals surface area contributed by atoms with E-state index in [0.717, 1.165) is 18.5 Å².